The van der Waals surface area contributed by atoms with Crippen molar-refractivity contribution in [3.8, 4) is 5.75 Å². The molecule has 0 radical (unpaired) electrons. The summed E-state index contributed by atoms with van der Waals surface area (Å²) in [6.45, 7) is 1.95. The van der Waals surface area contributed by atoms with Crippen LogP contribution in [0, 0.1) is 0 Å². The molecule has 0 saturated carbocycles. The van der Waals surface area contributed by atoms with E-state index in [9.17, 15) is 9.90 Å². The van der Waals surface area contributed by atoms with Crippen LogP contribution in [0.2, 0.25) is 0 Å². The number of hydrogen-bond acceptors (Lipinski definition) is 4. The quantitative estimate of drug-likeness (QED) is 0.463. The lowest BCUT2D eigenvalue weighted by molar-refractivity contribution is -0.131. The second-order valence-electron chi connectivity index (χ2n) is 6.46. The lowest BCUT2D eigenvalue weighted by Crippen LogP contribution is -2.06. The first-order valence-electron chi connectivity index (χ1n) is 8.57. The summed E-state index contributed by atoms with van der Waals surface area (Å²) in [5, 5.41) is 19.5. The molecule has 1 aromatic heterocycles. The van der Waals surface area contributed by atoms with Gasteiger partial charge in [0.15, 0.2) is 0 Å². The van der Waals surface area contributed by atoms with Crippen LogP contribution in [0.3, 0.4) is 0 Å². The van der Waals surface area contributed by atoms with E-state index in [1.54, 1.807) is 18.2 Å². The molecule has 0 saturated heterocycles. The van der Waals surface area contributed by atoms with Crippen molar-refractivity contribution in [3.63, 3.8) is 0 Å². The summed E-state index contributed by atoms with van der Waals surface area (Å²) in [5.41, 5.74) is 2.93. The monoisotopic (exact) mass is 354 g/mol. The Morgan fingerprint density at radius 2 is 2.15 bits per heavy atom. The number of phenolic OH excluding ortho intramolecular Hbond substituents is 1. The van der Waals surface area contributed by atoms with Crippen molar-refractivity contribution < 1.29 is 24.2 Å². The van der Waals surface area contributed by atoms with Crippen molar-refractivity contribution >= 4 is 16.9 Å². The number of benzene rings is 1. The fraction of sp³-hybridized carbons (Fsp3) is 0.286. The minimum absolute atomic E-state index is 0.145. The third-order valence-electron chi connectivity index (χ3n) is 4.54. The van der Waals surface area contributed by atoms with E-state index in [0.717, 1.165) is 53.2 Å². The number of aryl methyl sites for hydroxylation is 1. The Bertz CT molecular complexity index is 914. The first-order chi connectivity index (χ1) is 12.5. The van der Waals surface area contributed by atoms with Crippen molar-refractivity contribution in [2.75, 3.05) is 7.11 Å². The molecule has 2 N–H and O–H groups in total. The number of carboxylic acid groups (broad SMARTS) is 1. The van der Waals surface area contributed by atoms with Crippen molar-refractivity contribution in [1.29, 1.82) is 0 Å². The first kappa shape index (κ1) is 17.9. The van der Waals surface area contributed by atoms with Crippen molar-refractivity contribution in [1.82, 2.24) is 0 Å². The molecule has 0 aliphatic heterocycles. The number of aliphatic carboxylic acids is 1. The third-order valence-corrected chi connectivity index (χ3v) is 4.54. The van der Waals surface area contributed by atoms with E-state index in [0.29, 0.717) is 5.76 Å². The zero-order valence-corrected chi connectivity index (χ0v) is 14.9. The van der Waals surface area contributed by atoms with Gasteiger partial charge in [-0.3, -0.25) is 0 Å². The van der Waals surface area contributed by atoms with Gasteiger partial charge in [0.1, 0.15) is 22.9 Å². The molecule has 5 heteroatoms. The molecule has 1 aliphatic rings. The van der Waals surface area contributed by atoms with E-state index in [2.05, 4.69) is 6.08 Å². The molecule has 2 aromatic rings. The molecule has 0 unspecified atom stereocenters. The van der Waals surface area contributed by atoms with Crippen molar-refractivity contribution in [2.45, 2.75) is 32.1 Å². The molecule has 1 aromatic carbocycles. The van der Waals surface area contributed by atoms with E-state index in [-0.39, 0.29) is 11.7 Å². The molecular formula is C21H22O5. The predicted molar refractivity (Wildman–Crippen MR) is 99.2 cm³/mol. The topological polar surface area (TPSA) is 79.9 Å². The van der Waals surface area contributed by atoms with E-state index in [4.69, 9.17) is 14.3 Å². The highest BCUT2D eigenvalue weighted by molar-refractivity contribution is 5.84. The normalized spacial score (nSPS) is 18.3. The lowest BCUT2D eigenvalue weighted by Gasteiger charge is -2.18. The number of hydrogen-bond donors (Lipinski definition) is 2. The van der Waals surface area contributed by atoms with Crippen molar-refractivity contribution in [3.05, 3.63) is 65.2 Å². The van der Waals surface area contributed by atoms with Crippen LogP contribution < -0.4 is 0 Å². The Hall–Kier alpha value is -2.95. The number of carboxylic acids is 1. The summed E-state index contributed by atoms with van der Waals surface area (Å²) in [5.74, 6) is 0.798. The number of carbonyl (C=O) groups is 1. The fourth-order valence-corrected chi connectivity index (χ4v) is 3.42. The average Bonchev–Trinajstić information content (AvgIpc) is 2.97. The van der Waals surface area contributed by atoms with Crippen LogP contribution in [0.5, 0.6) is 5.75 Å². The maximum atomic E-state index is 10.7. The second-order valence-corrected chi connectivity index (χ2v) is 6.46. The molecule has 0 amide bonds. The molecule has 1 heterocycles. The minimum atomic E-state index is -1.02. The number of ether oxygens (including phenoxy) is 1. The maximum absolute atomic E-state index is 10.7. The number of phenols is 1. The molecule has 3 rings (SSSR count). The summed E-state index contributed by atoms with van der Waals surface area (Å²) in [6, 6.07) is 5.20. The molecule has 26 heavy (non-hydrogen) atoms. The highest BCUT2D eigenvalue weighted by Crippen LogP contribution is 2.40. The van der Waals surface area contributed by atoms with Crippen LogP contribution in [-0.4, -0.2) is 23.3 Å². The van der Waals surface area contributed by atoms with Gasteiger partial charge in [-0.2, -0.15) is 0 Å². The second kappa shape index (κ2) is 7.52. The van der Waals surface area contributed by atoms with Gasteiger partial charge in [-0.15, -0.1) is 0 Å². The smallest absolute Gasteiger partial charge is 0.328 e. The van der Waals surface area contributed by atoms with Gasteiger partial charge in [0.25, 0.3) is 0 Å². The maximum Gasteiger partial charge on any atom is 0.328 e. The Labute approximate surface area is 151 Å². The van der Waals surface area contributed by atoms with E-state index in [1.165, 1.54) is 13.2 Å². The zero-order chi connectivity index (χ0) is 18.7. The minimum Gasteiger partial charge on any atom is -0.508 e. The Balaban J connectivity index is 1.92. The summed E-state index contributed by atoms with van der Waals surface area (Å²) in [4.78, 5) is 10.7. The Morgan fingerprint density at radius 1 is 1.35 bits per heavy atom. The number of fused-ring (bicyclic) bond motifs is 3. The van der Waals surface area contributed by atoms with Crippen LogP contribution in [0.1, 0.15) is 37.0 Å². The van der Waals surface area contributed by atoms with Gasteiger partial charge in [0.05, 0.1) is 7.11 Å². The zero-order valence-electron chi connectivity index (χ0n) is 14.9. The van der Waals surface area contributed by atoms with Crippen LogP contribution >= 0.6 is 0 Å². The number of methoxy groups -OCH3 is 1. The summed E-state index contributed by atoms with van der Waals surface area (Å²) >= 11 is 0. The van der Waals surface area contributed by atoms with Gasteiger partial charge in [0, 0.05) is 22.9 Å². The number of allylic oxidation sites excluding steroid dienone is 4. The highest BCUT2D eigenvalue weighted by atomic mass is 16.5. The van der Waals surface area contributed by atoms with Crippen LogP contribution in [0.4, 0.5) is 0 Å². The van der Waals surface area contributed by atoms with Gasteiger partial charge in [-0.1, -0.05) is 11.6 Å². The van der Waals surface area contributed by atoms with Gasteiger partial charge >= 0.3 is 5.97 Å². The van der Waals surface area contributed by atoms with Crippen molar-refractivity contribution in [2.24, 2.45) is 0 Å². The standard InChI is InChI=1S/C21H22O5/c1-13(11-16(25-2)7-9-20(23)24)10-14-4-3-5-17-18-12-15(22)6-8-19(18)26-21(14)17/h6-12,14,22H,3-5H2,1-2H3,(H,23,24)/b9-7+,13-10+,16-11-/t14-/m0/s1. The average molecular weight is 354 g/mol. The Morgan fingerprint density at radius 3 is 2.88 bits per heavy atom. The van der Waals surface area contributed by atoms with Gasteiger partial charge in [-0.25, -0.2) is 4.79 Å². The molecule has 136 valence electrons. The van der Waals surface area contributed by atoms with Gasteiger partial charge in [0.2, 0.25) is 0 Å². The molecule has 0 fully saturated rings. The molecule has 5 nitrogen and oxygen atoms in total. The molecule has 0 bridgehead atoms. The van der Waals surface area contributed by atoms with Crippen LogP contribution in [-0.2, 0) is 16.0 Å². The summed E-state index contributed by atoms with van der Waals surface area (Å²) in [7, 11) is 1.51. The molecule has 1 aliphatic carbocycles. The summed E-state index contributed by atoms with van der Waals surface area (Å²) in [6.07, 6.45) is 9.37. The largest absolute Gasteiger partial charge is 0.508 e. The number of furan rings is 1. The van der Waals surface area contributed by atoms with E-state index >= 15 is 0 Å². The highest BCUT2D eigenvalue weighted by Gasteiger charge is 2.25. The molecule has 1 atom stereocenters. The van der Waals surface area contributed by atoms with Gasteiger partial charge < -0.3 is 19.4 Å². The molecule has 0 spiro atoms. The van der Waals surface area contributed by atoms with E-state index < -0.39 is 5.97 Å². The third kappa shape index (κ3) is 3.82. The SMILES string of the molecule is COC(=C\C(C)=C\[C@@H]1CCCc2c1oc1ccc(O)cc21)/C=C/C(=O)O. The predicted octanol–water partition coefficient (Wildman–Crippen LogP) is 4.68. The van der Waals surface area contributed by atoms with Crippen LogP contribution in [0.15, 0.2) is 58.3 Å². The number of rotatable bonds is 5. The van der Waals surface area contributed by atoms with Crippen LogP contribution in [0.25, 0.3) is 11.0 Å². The first-order valence-corrected chi connectivity index (χ1v) is 8.57. The summed E-state index contributed by atoms with van der Waals surface area (Å²) < 4.78 is 11.3. The fourth-order valence-electron chi connectivity index (χ4n) is 3.42. The van der Waals surface area contributed by atoms with E-state index in [1.807, 2.05) is 13.0 Å². The Kier molecular flexibility index (Phi) is 5.16. The number of aromatic hydroxyl groups is 1. The molecular weight excluding hydrogens is 332 g/mol. The lowest BCUT2D eigenvalue weighted by atomic mass is 9.86. The van der Waals surface area contributed by atoms with Gasteiger partial charge in [-0.05, 0) is 56.5 Å².